The third kappa shape index (κ3) is 12.2. The summed E-state index contributed by atoms with van der Waals surface area (Å²) in [6.45, 7) is 1.58. The Bertz CT molecular complexity index is 24.8. The fraction of sp³-hybridized carbons (Fsp3) is 0.500. The first-order chi connectivity index (χ1) is 1.91. The second-order valence-electron chi connectivity index (χ2n) is 0.364. The van der Waals surface area contributed by atoms with Gasteiger partial charge in [0.2, 0.25) is 0 Å². The van der Waals surface area contributed by atoms with Gasteiger partial charge in [-0.05, 0) is 13.1 Å². The van der Waals surface area contributed by atoms with Crippen molar-refractivity contribution in [2.24, 2.45) is 5.16 Å². The topological polar surface area (TPSA) is 35.4 Å². The van der Waals surface area contributed by atoms with Gasteiger partial charge in [-0.3, -0.25) is 0 Å². The van der Waals surface area contributed by atoms with Gasteiger partial charge in [-0.2, -0.15) is 0 Å². The van der Waals surface area contributed by atoms with E-state index in [2.05, 4.69) is 5.16 Å². The Kier molecular flexibility index (Phi) is 16.1. The Labute approximate surface area is 56.1 Å². The zero-order valence-electron chi connectivity index (χ0n) is 3.01. The average Bonchev–Trinajstić information content (AvgIpc) is 1.37. The van der Waals surface area contributed by atoms with Crippen molar-refractivity contribution >= 4 is 6.21 Å². The predicted molar refractivity (Wildman–Crippen MR) is 17.5 cm³/mol. The van der Waals surface area contributed by atoms with Gasteiger partial charge in [0, 0.05) is 32.7 Å². The van der Waals surface area contributed by atoms with Crippen LogP contribution in [0.5, 0.6) is 0 Å². The smallest absolute Gasteiger partial charge is 0 e. The summed E-state index contributed by atoms with van der Waals surface area (Å²) in [6, 6.07) is 0. The van der Waals surface area contributed by atoms with Gasteiger partial charge in [-0.15, -0.1) is 0 Å². The molecule has 0 unspecified atom stereocenters. The number of nitrogens with zero attached hydrogens (tertiary/aromatic N) is 1. The molecule has 0 saturated carbocycles. The maximum Gasteiger partial charge on any atom is 0 e. The van der Waals surface area contributed by atoms with Gasteiger partial charge in [0.05, 0.1) is 0 Å². The molecule has 0 bridgehead atoms. The fourth-order valence-electron chi connectivity index (χ4n) is 0. The number of hydrogen-bond donors (Lipinski definition) is 0. The summed E-state index contributed by atoms with van der Waals surface area (Å²) in [5.74, 6) is 0. The Morgan fingerprint density at radius 1 is 1.80 bits per heavy atom. The van der Waals surface area contributed by atoms with Crippen molar-refractivity contribution in [3.05, 3.63) is 5.21 Å². The molecule has 0 aliphatic carbocycles. The van der Waals surface area contributed by atoms with Crippen LogP contribution in [0.2, 0.25) is 0 Å². The van der Waals surface area contributed by atoms with E-state index in [1.807, 2.05) is 0 Å². The van der Waals surface area contributed by atoms with Crippen molar-refractivity contribution in [2.75, 3.05) is 0 Å². The normalized spacial score (nSPS) is 7.40. The second-order valence-corrected chi connectivity index (χ2v) is 0.364. The largest absolute Gasteiger partial charge is 0.792 e. The van der Waals surface area contributed by atoms with E-state index >= 15 is 0 Å². The molecule has 2 nitrogen and oxygen atoms in total. The molecule has 0 heterocycles. The van der Waals surface area contributed by atoms with E-state index in [1.165, 1.54) is 6.21 Å². The molecule has 0 fully saturated rings. The van der Waals surface area contributed by atoms with Crippen LogP contribution in [0.3, 0.4) is 0 Å². The van der Waals surface area contributed by atoms with Crippen LogP contribution in [0.15, 0.2) is 5.16 Å². The van der Waals surface area contributed by atoms with E-state index in [1.54, 1.807) is 6.92 Å². The van der Waals surface area contributed by atoms with E-state index in [0.29, 0.717) is 0 Å². The van der Waals surface area contributed by atoms with Crippen LogP contribution >= 0.6 is 0 Å². The van der Waals surface area contributed by atoms with E-state index in [9.17, 15) is 0 Å². The summed E-state index contributed by atoms with van der Waals surface area (Å²) in [4.78, 5) is 0. The third-order valence-electron chi connectivity index (χ3n) is 0.105. The van der Waals surface area contributed by atoms with Gasteiger partial charge < -0.3 is 10.4 Å². The van der Waals surface area contributed by atoms with Crippen LogP contribution in [0.25, 0.3) is 0 Å². The van der Waals surface area contributed by atoms with Crippen molar-refractivity contribution in [1.29, 1.82) is 0 Å². The first-order valence-corrected chi connectivity index (χ1v) is 1.02. The summed E-state index contributed by atoms with van der Waals surface area (Å²) < 4.78 is 0. The Morgan fingerprint density at radius 2 is 2.00 bits per heavy atom. The van der Waals surface area contributed by atoms with Gasteiger partial charge in [0.15, 0.2) is 0 Å². The van der Waals surface area contributed by atoms with Crippen molar-refractivity contribution < 1.29 is 32.7 Å². The van der Waals surface area contributed by atoms with Gasteiger partial charge >= 0.3 is 0 Å². The molecule has 5 heavy (non-hydrogen) atoms. The predicted octanol–water partition coefficient (Wildman–Crippen LogP) is 0.572. The van der Waals surface area contributed by atoms with Crippen LogP contribution in [0, 0.1) is 5.21 Å². The first kappa shape index (κ1) is 9.13. The molecule has 0 spiro atoms. The van der Waals surface area contributed by atoms with E-state index in [-0.39, 0.29) is 32.7 Å². The van der Waals surface area contributed by atoms with Crippen molar-refractivity contribution in [3.63, 3.8) is 0 Å². The van der Waals surface area contributed by atoms with Gasteiger partial charge in [0.1, 0.15) is 0 Å². The summed E-state index contributed by atoms with van der Waals surface area (Å²) in [5.41, 5.74) is 0. The Balaban J connectivity index is 0. The zero-order chi connectivity index (χ0) is 3.41. The van der Waals surface area contributed by atoms with Gasteiger partial charge in [0.25, 0.3) is 0 Å². The van der Waals surface area contributed by atoms with E-state index in [0.717, 1.165) is 0 Å². The molecule has 0 aromatic rings. The molecule has 3 heteroatoms. The van der Waals surface area contributed by atoms with Gasteiger partial charge in [-0.1, -0.05) is 0 Å². The quantitative estimate of drug-likeness (QED) is 0.364. The Morgan fingerprint density at radius 3 is 2.00 bits per heavy atom. The maximum absolute atomic E-state index is 8.87. The van der Waals surface area contributed by atoms with Crippen LogP contribution in [0.4, 0.5) is 0 Å². The van der Waals surface area contributed by atoms with Crippen LogP contribution in [-0.2, 0) is 32.7 Å². The summed E-state index contributed by atoms with van der Waals surface area (Å²) >= 11 is 0. The Hall–Kier alpha value is 0.574. The monoisotopic (exact) mass is 147 g/mol. The SMILES string of the molecule is C/C=N/[O-].[Y]. The molecule has 0 aliphatic rings. The van der Waals surface area contributed by atoms with Crippen molar-refractivity contribution in [1.82, 2.24) is 0 Å². The molecule has 0 atom stereocenters. The van der Waals surface area contributed by atoms with Gasteiger partial charge in [-0.25, -0.2) is 0 Å². The van der Waals surface area contributed by atoms with Crippen molar-refractivity contribution in [2.45, 2.75) is 6.92 Å². The minimum absolute atomic E-state index is 0. The fourth-order valence-corrected chi connectivity index (χ4v) is 0. The number of rotatable bonds is 0. The molecule has 0 rings (SSSR count). The minimum atomic E-state index is 0. The van der Waals surface area contributed by atoms with E-state index in [4.69, 9.17) is 5.21 Å². The molecule has 0 N–H and O–H groups in total. The molecule has 0 aromatic carbocycles. The van der Waals surface area contributed by atoms with Crippen LogP contribution in [0.1, 0.15) is 6.92 Å². The minimum Gasteiger partial charge on any atom is -0.792 e. The first-order valence-electron chi connectivity index (χ1n) is 1.02. The molecule has 0 saturated heterocycles. The molecule has 0 amide bonds. The molecular weight excluding hydrogens is 143 g/mol. The van der Waals surface area contributed by atoms with E-state index < -0.39 is 0 Å². The number of hydrogen-bond acceptors (Lipinski definition) is 2. The summed E-state index contributed by atoms with van der Waals surface area (Å²) in [6.07, 6.45) is 1.19. The maximum atomic E-state index is 8.87. The van der Waals surface area contributed by atoms with Crippen molar-refractivity contribution in [3.8, 4) is 0 Å². The second kappa shape index (κ2) is 8.82. The molecule has 0 aromatic heterocycles. The summed E-state index contributed by atoms with van der Waals surface area (Å²) in [5, 5.41) is 11.2. The van der Waals surface area contributed by atoms with Crippen LogP contribution in [-0.4, -0.2) is 6.21 Å². The molecule has 27 valence electrons. The molecular formula is C2H4NOY-. The molecule has 0 aliphatic heterocycles. The third-order valence-corrected chi connectivity index (χ3v) is 0.105. The van der Waals surface area contributed by atoms with Crippen LogP contribution < -0.4 is 0 Å². The zero-order valence-corrected chi connectivity index (χ0v) is 5.85. The molecule has 1 radical (unpaired) electrons. The average molecular weight is 147 g/mol. The standard InChI is InChI=1S/C2H5NO.Y/c1-2-3-4;/h2,4H,1H3;/p-1/b3-2+;. The summed E-state index contributed by atoms with van der Waals surface area (Å²) in [7, 11) is 0.